The van der Waals surface area contributed by atoms with E-state index in [0.717, 1.165) is 0 Å². The number of carbonyl (C=O) groups excluding carboxylic acids is 2. The average Bonchev–Trinajstić information content (AvgIpc) is 2.02. The van der Waals surface area contributed by atoms with Gasteiger partial charge in [0, 0.05) is 12.8 Å². The first-order valence-corrected chi connectivity index (χ1v) is 4.27. The molecule has 4 nitrogen and oxygen atoms in total. The van der Waals surface area contributed by atoms with Gasteiger partial charge in [-0.2, -0.15) is 0 Å². The quantitative estimate of drug-likeness (QED) is 0.386. The Morgan fingerprint density at radius 3 is 1.93 bits per heavy atom. The molecule has 0 atom stereocenters. The van der Waals surface area contributed by atoms with E-state index >= 15 is 0 Å². The topological polar surface area (TPSA) is 52.6 Å². The normalized spacial score (nSPS) is 19.4. The molecule has 0 unspecified atom stereocenters. The molecule has 76 valence electrons. The van der Waals surface area contributed by atoms with Gasteiger partial charge >= 0.3 is 11.9 Å². The Balaban J connectivity index is 2.83. The van der Waals surface area contributed by atoms with Crippen LogP contribution in [0.25, 0.3) is 0 Å². The third-order valence-corrected chi connectivity index (χ3v) is 1.80. The molecule has 0 amide bonds. The lowest BCUT2D eigenvalue weighted by atomic mass is 10.1. The molecule has 0 bridgehead atoms. The molecule has 1 rings (SSSR count). The van der Waals surface area contributed by atoms with Crippen LogP contribution in [-0.2, 0) is 19.1 Å². The third kappa shape index (κ3) is 2.22. The highest BCUT2D eigenvalue weighted by atomic mass is 16.7. The highest BCUT2D eigenvalue weighted by Crippen LogP contribution is 2.28. The van der Waals surface area contributed by atoms with Gasteiger partial charge in [0.15, 0.2) is 0 Å². The first-order chi connectivity index (χ1) is 6.62. The van der Waals surface area contributed by atoms with Crippen LogP contribution in [0, 0.1) is 0 Å². The second-order valence-corrected chi connectivity index (χ2v) is 3.02. The maximum absolute atomic E-state index is 11.0. The predicted molar refractivity (Wildman–Crippen MR) is 49.2 cm³/mol. The van der Waals surface area contributed by atoms with Crippen LogP contribution in [0.5, 0.6) is 0 Å². The Labute approximate surface area is 82.2 Å². The molecule has 0 N–H and O–H groups in total. The molecular weight excluding hydrogens is 184 g/mol. The molecule has 0 aromatic heterocycles. The Morgan fingerprint density at radius 1 is 1.14 bits per heavy atom. The zero-order valence-electron chi connectivity index (χ0n) is 7.82. The van der Waals surface area contributed by atoms with Gasteiger partial charge in [0.05, 0.1) is 0 Å². The van der Waals surface area contributed by atoms with Crippen LogP contribution in [-0.4, -0.2) is 17.7 Å². The fourth-order valence-electron chi connectivity index (χ4n) is 1.32. The molecular formula is C10H12O4. The third-order valence-electron chi connectivity index (χ3n) is 1.80. The fraction of sp³-hybridized carbons (Fsp3) is 0.400. The molecule has 0 spiro atoms. The summed E-state index contributed by atoms with van der Waals surface area (Å²) < 4.78 is 10.0. The number of carbonyl (C=O) groups is 2. The highest BCUT2D eigenvalue weighted by Gasteiger charge is 2.41. The van der Waals surface area contributed by atoms with Crippen LogP contribution in [0.15, 0.2) is 25.3 Å². The minimum absolute atomic E-state index is 0.274. The number of esters is 2. The van der Waals surface area contributed by atoms with Gasteiger partial charge in [-0.25, -0.2) is 0 Å². The maximum atomic E-state index is 11.0. The summed E-state index contributed by atoms with van der Waals surface area (Å²) in [7, 11) is 0. The molecule has 1 aliphatic rings. The molecule has 1 saturated heterocycles. The first kappa shape index (κ1) is 10.5. The minimum Gasteiger partial charge on any atom is -0.421 e. The Hall–Kier alpha value is -1.58. The molecule has 0 radical (unpaired) electrons. The van der Waals surface area contributed by atoms with E-state index in [-0.39, 0.29) is 19.3 Å². The number of hydrogen-bond acceptors (Lipinski definition) is 4. The lowest BCUT2D eigenvalue weighted by Crippen LogP contribution is -2.44. The maximum Gasteiger partial charge on any atom is 0.320 e. The summed E-state index contributed by atoms with van der Waals surface area (Å²) in [6.07, 6.45) is 3.30. The monoisotopic (exact) mass is 196 g/mol. The van der Waals surface area contributed by atoms with Crippen molar-refractivity contribution in [2.75, 3.05) is 0 Å². The van der Waals surface area contributed by atoms with E-state index in [0.29, 0.717) is 0 Å². The molecule has 0 aliphatic carbocycles. The fourth-order valence-corrected chi connectivity index (χ4v) is 1.32. The van der Waals surface area contributed by atoms with Crippen molar-refractivity contribution in [2.45, 2.75) is 25.0 Å². The number of ether oxygens (including phenoxy) is 2. The van der Waals surface area contributed by atoms with Crippen LogP contribution in [0.4, 0.5) is 0 Å². The summed E-state index contributed by atoms with van der Waals surface area (Å²) in [5, 5.41) is 0. The zero-order chi connectivity index (χ0) is 10.6. The number of rotatable bonds is 4. The van der Waals surface area contributed by atoms with E-state index in [1.807, 2.05) is 0 Å². The molecule has 4 heteroatoms. The standard InChI is InChI=1S/C10H12O4/c1-3-5-10(6-4-2)13-8(11)7-9(12)14-10/h3-4H,1-2,5-7H2. The Kier molecular flexibility index (Phi) is 3.06. The first-order valence-electron chi connectivity index (χ1n) is 4.27. The average molecular weight is 196 g/mol. The second kappa shape index (κ2) is 4.09. The summed E-state index contributed by atoms with van der Waals surface area (Å²) in [4.78, 5) is 22.1. The molecule has 0 aromatic rings. The van der Waals surface area contributed by atoms with E-state index < -0.39 is 17.7 Å². The van der Waals surface area contributed by atoms with Crippen molar-refractivity contribution in [3.8, 4) is 0 Å². The van der Waals surface area contributed by atoms with E-state index in [9.17, 15) is 9.59 Å². The van der Waals surface area contributed by atoms with Crippen molar-refractivity contribution in [1.29, 1.82) is 0 Å². The smallest absolute Gasteiger partial charge is 0.320 e. The molecule has 1 fully saturated rings. The van der Waals surface area contributed by atoms with Gasteiger partial charge in [0.2, 0.25) is 0 Å². The van der Waals surface area contributed by atoms with Gasteiger partial charge in [0.1, 0.15) is 6.42 Å². The van der Waals surface area contributed by atoms with Crippen LogP contribution < -0.4 is 0 Å². The molecule has 0 saturated carbocycles. The van der Waals surface area contributed by atoms with Crippen molar-refractivity contribution in [3.05, 3.63) is 25.3 Å². The number of hydrogen-bond donors (Lipinski definition) is 0. The van der Waals surface area contributed by atoms with Crippen molar-refractivity contribution >= 4 is 11.9 Å². The van der Waals surface area contributed by atoms with Crippen molar-refractivity contribution < 1.29 is 19.1 Å². The summed E-state index contributed by atoms with van der Waals surface area (Å²) in [6.45, 7) is 7.03. The van der Waals surface area contributed by atoms with Crippen molar-refractivity contribution in [1.82, 2.24) is 0 Å². The van der Waals surface area contributed by atoms with E-state index in [4.69, 9.17) is 9.47 Å². The summed E-state index contributed by atoms with van der Waals surface area (Å²) in [5.74, 6) is -2.34. The van der Waals surface area contributed by atoms with Crippen LogP contribution in [0.2, 0.25) is 0 Å². The summed E-state index contributed by atoms with van der Waals surface area (Å²) >= 11 is 0. The molecule has 14 heavy (non-hydrogen) atoms. The van der Waals surface area contributed by atoms with Crippen LogP contribution in [0.1, 0.15) is 19.3 Å². The minimum atomic E-state index is -1.21. The van der Waals surface area contributed by atoms with Crippen molar-refractivity contribution in [2.24, 2.45) is 0 Å². The zero-order valence-corrected chi connectivity index (χ0v) is 7.82. The summed E-state index contributed by atoms with van der Waals surface area (Å²) in [6, 6.07) is 0. The van der Waals surface area contributed by atoms with E-state index in [1.54, 1.807) is 0 Å². The van der Waals surface area contributed by atoms with Gasteiger partial charge in [-0.1, -0.05) is 12.2 Å². The largest absolute Gasteiger partial charge is 0.421 e. The van der Waals surface area contributed by atoms with Crippen molar-refractivity contribution in [3.63, 3.8) is 0 Å². The predicted octanol–water partition coefficient (Wildman–Crippen LogP) is 1.32. The van der Waals surface area contributed by atoms with Crippen LogP contribution in [0.3, 0.4) is 0 Å². The molecule has 1 heterocycles. The SMILES string of the molecule is C=CCC1(CC=C)OC(=O)CC(=O)O1. The van der Waals surface area contributed by atoms with E-state index in [1.165, 1.54) is 12.2 Å². The Morgan fingerprint density at radius 2 is 1.57 bits per heavy atom. The molecule has 1 aliphatic heterocycles. The number of cyclic esters (lactones) is 2. The lowest BCUT2D eigenvalue weighted by Gasteiger charge is -2.34. The van der Waals surface area contributed by atoms with Gasteiger partial charge in [-0.3, -0.25) is 9.59 Å². The van der Waals surface area contributed by atoms with Gasteiger partial charge in [-0.05, 0) is 0 Å². The van der Waals surface area contributed by atoms with Gasteiger partial charge in [-0.15, -0.1) is 13.2 Å². The summed E-state index contributed by atoms with van der Waals surface area (Å²) in [5.41, 5.74) is 0. The molecule has 0 aromatic carbocycles. The highest BCUT2D eigenvalue weighted by molar-refractivity contribution is 5.93. The van der Waals surface area contributed by atoms with Gasteiger partial charge in [0.25, 0.3) is 5.79 Å². The second-order valence-electron chi connectivity index (χ2n) is 3.02. The Bertz CT molecular complexity index is 252. The van der Waals surface area contributed by atoms with Gasteiger partial charge < -0.3 is 9.47 Å². The lowest BCUT2D eigenvalue weighted by molar-refractivity contribution is -0.241. The van der Waals surface area contributed by atoms with E-state index in [2.05, 4.69) is 13.2 Å². The van der Waals surface area contributed by atoms with Crippen LogP contribution >= 0.6 is 0 Å².